The van der Waals surface area contributed by atoms with Crippen LogP contribution in [0.4, 0.5) is 0 Å². The molecule has 0 saturated carbocycles. The number of ether oxygens (including phenoxy) is 1. The minimum atomic E-state index is -0.801. The number of benzene rings is 1. The van der Waals surface area contributed by atoms with E-state index in [1.54, 1.807) is 0 Å². The lowest BCUT2D eigenvalue weighted by atomic mass is 9.79. The lowest BCUT2D eigenvalue weighted by Crippen LogP contribution is -2.52. The van der Waals surface area contributed by atoms with Gasteiger partial charge in [0.2, 0.25) is 0 Å². The zero-order chi connectivity index (χ0) is 9.31. The zero-order valence-electron chi connectivity index (χ0n) is 7.06. The van der Waals surface area contributed by atoms with Gasteiger partial charge in [-0.05, 0) is 5.56 Å². The summed E-state index contributed by atoms with van der Waals surface area (Å²) in [6.07, 6.45) is 0. The van der Waals surface area contributed by atoms with E-state index in [0.717, 1.165) is 5.56 Å². The van der Waals surface area contributed by atoms with Gasteiger partial charge in [-0.1, -0.05) is 30.3 Å². The first kappa shape index (κ1) is 8.26. The molecule has 0 aromatic heterocycles. The van der Waals surface area contributed by atoms with Crippen LogP contribution in [0.3, 0.4) is 0 Å². The summed E-state index contributed by atoms with van der Waals surface area (Å²) in [6, 6.07) is 9.22. The quantitative estimate of drug-likeness (QED) is 0.736. The van der Waals surface area contributed by atoms with E-state index >= 15 is 0 Å². The summed E-state index contributed by atoms with van der Waals surface area (Å²) >= 11 is 0. The van der Waals surface area contributed by atoms with Crippen LogP contribution in [0.1, 0.15) is 5.56 Å². The first-order valence-corrected chi connectivity index (χ1v) is 4.12. The standard InChI is InChI=1S/C10H10O3/c11-9(12)10(6-13-7-10)8-4-2-1-3-5-8/h1-5H,6-7H2,(H,11,12). The van der Waals surface area contributed by atoms with Crippen molar-refractivity contribution in [3.63, 3.8) is 0 Å². The largest absolute Gasteiger partial charge is 0.480 e. The van der Waals surface area contributed by atoms with Crippen LogP contribution in [0.15, 0.2) is 30.3 Å². The van der Waals surface area contributed by atoms with Crippen LogP contribution in [0.5, 0.6) is 0 Å². The van der Waals surface area contributed by atoms with Crippen LogP contribution in [-0.4, -0.2) is 24.3 Å². The summed E-state index contributed by atoms with van der Waals surface area (Å²) in [5.41, 5.74) is 0.0371. The van der Waals surface area contributed by atoms with Gasteiger partial charge in [-0.25, -0.2) is 0 Å². The van der Waals surface area contributed by atoms with Gasteiger partial charge < -0.3 is 9.84 Å². The van der Waals surface area contributed by atoms with Crippen molar-refractivity contribution in [2.75, 3.05) is 13.2 Å². The second kappa shape index (κ2) is 2.85. The van der Waals surface area contributed by atoms with Crippen molar-refractivity contribution in [3.8, 4) is 0 Å². The second-order valence-electron chi connectivity index (χ2n) is 3.25. The molecule has 1 heterocycles. The van der Waals surface area contributed by atoms with Gasteiger partial charge in [0.25, 0.3) is 0 Å². The Bertz CT molecular complexity index is 314. The molecule has 0 bridgehead atoms. The number of hydrogen-bond acceptors (Lipinski definition) is 2. The topological polar surface area (TPSA) is 46.5 Å². The molecule has 1 saturated heterocycles. The zero-order valence-corrected chi connectivity index (χ0v) is 7.06. The fourth-order valence-electron chi connectivity index (χ4n) is 1.48. The van der Waals surface area contributed by atoms with Crippen molar-refractivity contribution in [1.82, 2.24) is 0 Å². The monoisotopic (exact) mass is 178 g/mol. The molecule has 1 aromatic carbocycles. The van der Waals surface area contributed by atoms with E-state index in [1.165, 1.54) is 0 Å². The molecule has 0 aliphatic carbocycles. The van der Waals surface area contributed by atoms with E-state index in [1.807, 2.05) is 30.3 Å². The molecular weight excluding hydrogens is 168 g/mol. The highest BCUT2D eigenvalue weighted by Gasteiger charge is 2.47. The highest BCUT2D eigenvalue weighted by Crippen LogP contribution is 2.32. The molecule has 68 valence electrons. The number of aliphatic carboxylic acids is 1. The third kappa shape index (κ3) is 1.12. The van der Waals surface area contributed by atoms with Crippen LogP contribution < -0.4 is 0 Å². The molecular formula is C10H10O3. The van der Waals surface area contributed by atoms with Gasteiger partial charge in [-0.15, -0.1) is 0 Å². The van der Waals surface area contributed by atoms with E-state index in [4.69, 9.17) is 9.84 Å². The third-order valence-electron chi connectivity index (χ3n) is 2.43. The fourth-order valence-corrected chi connectivity index (χ4v) is 1.48. The second-order valence-corrected chi connectivity index (χ2v) is 3.25. The molecule has 1 fully saturated rings. The Morgan fingerprint density at radius 2 is 1.92 bits per heavy atom. The summed E-state index contributed by atoms with van der Waals surface area (Å²) in [5, 5.41) is 9.06. The van der Waals surface area contributed by atoms with Gasteiger partial charge in [0.05, 0.1) is 13.2 Å². The molecule has 1 aliphatic rings. The molecule has 1 aliphatic heterocycles. The van der Waals surface area contributed by atoms with Crippen molar-refractivity contribution in [1.29, 1.82) is 0 Å². The van der Waals surface area contributed by atoms with Crippen molar-refractivity contribution >= 4 is 5.97 Å². The summed E-state index contributed by atoms with van der Waals surface area (Å²) < 4.78 is 4.97. The molecule has 3 heteroatoms. The summed E-state index contributed by atoms with van der Waals surface area (Å²) in [6.45, 7) is 0.568. The number of carbonyl (C=O) groups is 1. The van der Waals surface area contributed by atoms with Gasteiger partial charge in [0.15, 0.2) is 0 Å². The SMILES string of the molecule is O=C(O)C1(c2ccccc2)COC1. The minimum Gasteiger partial charge on any atom is -0.480 e. The van der Waals surface area contributed by atoms with Crippen LogP contribution in [0.2, 0.25) is 0 Å². The number of rotatable bonds is 2. The fraction of sp³-hybridized carbons (Fsp3) is 0.300. The average molecular weight is 178 g/mol. The molecule has 1 N–H and O–H groups in total. The third-order valence-corrected chi connectivity index (χ3v) is 2.43. The van der Waals surface area contributed by atoms with Crippen molar-refractivity contribution in [3.05, 3.63) is 35.9 Å². The number of hydrogen-bond donors (Lipinski definition) is 1. The molecule has 1 aromatic rings. The molecule has 0 unspecified atom stereocenters. The summed E-state index contributed by atoms with van der Waals surface area (Å²) in [4.78, 5) is 11.0. The normalized spacial score (nSPS) is 19.1. The Labute approximate surface area is 76.0 Å². The minimum absolute atomic E-state index is 0.284. The molecule has 2 rings (SSSR count). The molecule has 0 amide bonds. The van der Waals surface area contributed by atoms with E-state index in [2.05, 4.69) is 0 Å². The lowest BCUT2D eigenvalue weighted by molar-refractivity contribution is -0.163. The van der Waals surface area contributed by atoms with Crippen LogP contribution in [0.25, 0.3) is 0 Å². The van der Waals surface area contributed by atoms with Crippen molar-refractivity contribution < 1.29 is 14.6 Å². The predicted octanol–water partition coefficient (Wildman–Crippen LogP) is 1.04. The Kier molecular flexibility index (Phi) is 1.81. The number of carboxylic acid groups (broad SMARTS) is 1. The average Bonchev–Trinajstić information content (AvgIpc) is 2.03. The summed E-state index contributed by atoms with van der Waals surface area (Å²) in [5.74, 6) is -0.801. The number of carboxylic acids is 1. The summed E-state index contributed by atoms with van der Waals surface area (Å²) in [7, 11) is 0. The molecule has 13 heavy (non-hydrogen) atoms. The maximum absolute atomic E-state index is 11.0. The molecule has 0 atom stereocenters. The first-order valence-electron chi connectivity index (χ1n) is 4.12. The van der Waals surface area contributed by atoms with Crippen LogP contribution in [-0.2, 0) is 14.9 Å². The Morgan fingerprint density at radius 1 is 1.31 bits per heavy atom. The lowest BCUT2D eigenvalue weighted by Gasteiger charge is -2.37. The predicted molar refractivity (Wildman–Crippen MR) is 46.6 cm³/mol. The Balaban J connectivity index is 2.38. The molecule has 3 nitrogen and oxygen atoms in total. The van der Waals surface area contributed by atoms with Gasteiger partial charge in [-0.3, -0.25) is 4.79 Å². The van der Waals surface area contributed by atoms with E-state index in [-0.39, 0.29) is 13.2 Å². The van der Waals surface area contributed by atoms with E-state index in [9.17, 15) is 4.79 Å². The smallest absolute Gasteiger partial charge is 0.318 e. The van der Waals surface area contributed by atoms with Crippen LogP contribution >= 0.6 is 0 Å². The maximum Gasteiger partial charge on any atom is 0.318 e. The van der Waals surface area contributed by atoms with Crippen molar-refractivity contribution in [2.45, 2.75) is 5.41 Å². The highest BCUT2D eigenvalue weighted by atomic mass is 16.5. The molecule has 0 radical (unpaired) electrons. The molecule has 0 spiro atoms. The van der Waals surface area contributed by atoms with Gasteiger partial charge in [0, 0.05) is 0 Å². The Morgan fingerprint density at radius 3 is 2.31 bits per heavy atom. The van der Waals surface area contributed by atoms with Gasteiger partial charge in [-0.2, -0.15) is 0 Å². The van der Waals surface area contributed by atoms with Crippen molar-refractivity contribution in [2.24, 2.45) is 0 Å². The highest BCUT2D eigenvalue weighted by molar-refractivity contribution is 5.82. The van der Waals surface area contributed by atoms with Gasteiger partial charge >= 0.3 is 5.97 Å². The Hall–Kier alpha value is -1.35. The van der Waals surface area contributed by atoms with E-state index in [0.29, 0.717) is 0 Å². The first-order chi connectivity index (χ1) is 6.26. The van der Waals surface area contributed by atoms with Gasteiger partial charge in [0.1, 0.15) is 5.41 Å². The van der Waals surface area contributed by atoms with E-state index < -0.39 is 11.4 Å². The van der Waals surface area contributed by atoms with Crippen LogP contribution in [0, 0.1) is 0 Å². The maximum atomic E-state index is 11.0.